The molecule has 5 rings (SSSR count). The standard InChI is InChI=1S/C31H30ClN3O5S/c1-7-40-30(37)27-18(3)33-31-35(28(27)24-16-23(38-5)12-13-25(24)39-6)29(36)26(41-31)15-20-14-17(2)34(19(20)4)22-10-8-21(32)9-11-22/h8-16,28H,7H2,1-6H3/b26-15+/t28-/m0/s1. The molecule has 1 aliphatic rings. The highest BCUT2D eigenvalue weighted by molar-refractivity contribution is 7.07. The Hall–Kier alpha value is -4.08. The van der Waals surface area contributed by atoms with E-state index in [-0.39, 0.29) is 17.7 Å². The number of ether oxygens (including phenoxy) is 3. The Kier molecular flexibility index (Phi) is 7.93. The number of methoxy groups -OCH3 is 2. The van der Waals surface area contributed by atoms with Crippen molar-refractivity contribution in [2.75, 3.05) is 20.8 Å². The number of benzene rings is 2. The molecule has 0 saturated heterocycles. The molecule has 212 valence electrons. The molecule has 0 amide bonds. The van der Waals surface area contributed by atoms with Gasteiger partial charge in [0.2, 0.25) is 0 Å². The molecule has 2 aromatic heterocycles. The Balaban J connectivity index is 1.73. The number of allylic oxidation sites excluding steroid dienone is 1. The summed E-state index contributed by atoms with van der Waals surface area (Å²) in [5.74, 6) is 0.535. The molecule has 10 heteroatoms. The average Bonchev–Trinajstić information content (AvgIpc) is 3.41. The van der Waals surface area contributed by atoms with Crippen LogP contribution in [0.2, 0.25) is 5.02 Å². The molecule has 0 aliphatic carbocycles. The van der Waals surface area contributed by atoms with Gasteiger partial charge in [-0.05, 0) is 87.9 Å². The molecule has 2 aromatic carbocycles. The van der Waals surface area contributed by atoms with E-state index in [0.717, 1.165) is 22.6 Å². The summed E-state index contributed by atoms with van der Waals surface area (Å²) >= 11 is 7.37. The lowest BCUT2D eigenvalue weighted by atomic mass is 9.94. The largest absolute Gasteiger partial charge is 0.497 e. The van der Waals surface area contributed by atoms with Crippen molar-refractivity contribution in [3.8, 4) is 17.2 Å². The van der Waals surface area contributed by atoms with Crippen LogP contribution in [0, 0.1) is 13.8 Å². The first-order valence-corrected chi connectivity index (χ1v) is 14.2. The first-order chi connectivity index (χ1) is 19.7. The normalized spacial score (nSPS) is 15.0. The number of aromatic nitrogens is 2. The molecule has 0 N–H and O–H groups in total. The quantitative estimate of drug-likeness (QED) is 0.286. The average molecular weight is 592 g/mol. The van der Waals surface area contributed by atoms with E-state index in [1.165, 1.54) is 11.3 Å². The van der Waals surface area contributed by atoms with Gasteiger partial charge < -0.3 is 18.8 Å². The van der Waals surface area contributed by atoms with Gasteiger partial charge in [0.05, 0.1) is 36.6 Å². The summed E-state index contributed by atoms with van der Waals surface area (Å²) in [7, 11) is 3.11. The van der Waals surface area contributed by atoms with Gasteiger partial charge in [-0.25, -0.2) is 9.79 Å². The number of thiazole rings is 1. The van der Waals surface area contributed by atoms with Crippen LogP contribution in [0.3, 0.4) is 0 Å². The summed E-state index contributed by atoms with van der Waals surface area (Å²) in [6.45, 7) is 7.71. The van der Waals surface area contributed by atoms with Gasteiger partial charge in [-0.1, -0.05) is 22.9 Å². The number of aryl methyl sites for hydroxylation is 1. The number of esters is 1. The Labute approximate surface area is 246 Å². The topological polar surface area (TPSA) is 84.1 Å². The third-order valence-corrected chi connectivity index (χ3v) is 8.33. The molecule has 41 heavy (non-hydrogen) atoms. The van der Waals surface area contributed by atoms with E-state index in [1.807, 2.05) is 50.3 Å². The van der Waals surface area contributed by atoms with Crippen LogP contribution < -0.4 is 24.4 Å². The number of fused-ring (bicyclic) bond motifs is 1. The van der Waals surface area contributed by atoms with Crippen LogP contribution in [0.1, 0.15) is 42.4 Å². The van der Waals surface area contributed by atoms with Crippen LogP contribution in [-0.4, -0.2) is 35.9 Å². The van der Waals surface area contributed by atoms with Crippen LogP contribution in [0.15, 0.2) is 69.6 Å². The zero-order valence-corrected chi connectivity index (χ0v) is 25.2. The predicted octanol–water partition coefficient (Wildman–Crippen LogP) is 4.88. The molecule has 1 atom stereocenters. The van der Waals surface area contributed by atoms with Crippen molar-refractivity contribution in [1.82, 2.24) is 9.13 Å². The van der Waals surface area contributed by atoms with E-state index >= 15 is 0 Å². The van der Waals surface area contributed by atoms with Crippen molar-refractivity contribution in [3.63, 3.8) is 0 Å². The fraction of sp³-hybridized carbons (Fsp3) is 0.258. The van der Waals surface area contributed by atoms with E-state index in [1.54, 1.807) is 50.8 Å². The monoisotopic (exact) mass is 591 g/mol. The lowest BCUT2D eigenvalue weighted by Crippen LogP contribution is -2.40. The summed E-state index contributed by atoms with van der Waals surface area (Å²) in [4.78, 5) is 32.5. The highest BCUT2D eigenvalue weighted by Crippen LogP contribution is 2.38. The van der Waals surface area contributed by atoms with Gasteiger partial charge in [0.15, 0.2) is 4.80 Å². The van der Waals surface area contributed by atoms with Crippen molar-refractivity contribution in [2.24, 2.45) is 4.99 Å². The molecule has 1 aliphatic heterocycles. The number of hydrogen-bond donors (Lipinski definition) is 0. The second-order valence-corrected chi connectivity index (χ2v) is 11.0. The molecule has 0 fully saturated rings. The van der Waals surface area contributed by atoms with Crippen LogP contribution in [0.4, 0.5) is 0 Å². The lowest BCUT2D eigenvalue weighted by Gasteiger charge is -2.26. The molecule has 0 unspecified atom stereocenters. The highest BCUT2D eigenvalue weighted by Gasteiger charge is 2.35. The van der Waals surface area contributed by atoms with Gasteiger partial charge in [-0.2, -0.15) is 0 Å². The summed E-state index contributed by atoms with van der Waals surface area (Å²) in [5, 5.41) is 0.664. The van der Waals surface area contributed by atoms with Crippen LogP contribution in [0.25, 0.3) is 11.8 Å². The third-order valence-electron chi connectivity index (χ3n) is 7.09. The number of halogens is 1. The maximum absolute atomic E-state index is 14.1. The van der Waals surface area contributed by atoms with Gasteiger partial charge in [-0.3, -0.25) is 9.36 Å². The van der Waals surface area contributed by atoms with Crippen LogP contribution in [-0.2, 0) is 9.53 Å². The summed E-state index contributed by atoms with van der Waals surface area (Å²) in [5.41, 5.74) is 4.95. The lowest BCUT2D eigenvalue weighted by molar-refractivity contribution is -0.139. The SMILES string of the molecule is CCOC(=O)C1=C(C)N=c2s/c(=C/c3cc(C)n(-c4ccc(Cl)cc4)c3C)c(=O)n2[C@H]1c1cc(OC)ccc1OC. The first-order valence-electron chi connectivity index (χ1n) is 13.0. The molecule has 0 radical (unpaired) electrons. The molecule has 8 nitrogen and oxygen atoms in total. The van der Waals surface area contributed by atoms with E-state index in [9.17, 15) is 9.59 Å². The van der Waals surface area contributed by atoms with Crippen molar-refractivity contribution in [3.05, 3.63) is 107 Å². The van der Waals surface area contributed by atoms with Gasteiger partial charge in [0.25, 0.3) is 5.56 Å². The van der Waals surface area contributed by atoms with Crippen molar-refractivity contribution in [1.29, 1.82) is 0 Å². The summed E-state index contributed by atoms with van der Waals surface area (Å²) < 4.78 is 20.7. The molecule has 0 bridgehead atoms. The molecular weight excluding hydrogens is 562 g/mol. The predicted molar refractivity (Wildman–Crippen MR) is 160 cm³/mol. The Morgan fingerprint density at radius 1 is 1.07 bits per heavy atom. The highest BCUT2D eigenvalue weighted by atomic mass is 35.5. The van der Waals surface area contributed by atoms with Gasteiger partial charge in [-0.15, -0.1) is 0 Å². The van der Waals surface area contributed by atoms with Crippen LogP contribution in [0.5, 0.6) is 11.5 Å². The maximum Gasteiger partial charge on any atom is 0.338 e. The van der Waals surface area contributed by atoms with E-state index in [2.05, 4.69) is 9.56 Å². The fourth-order valence-electron chi connectivity index (χ4n) is 5.20. The first kappa shape index (κ1) is 28.4. The van der Waals surface area contributed by atoms with Gasteiger partial charge in [0, 0.05) is 27.7 Å². The smallest absolute Gasteiger partial charge is 0.338 e. The number of carbonyl (C=O) groups excluding carboxylic acids is 1. The number of rotatable bonds is 7. The zero-order valence-electron chi connectivity index (χ0n) is 23.6. The van der Waals surface area contributed by atoms with Crippen molar-refractivity contribution in [2.45, 2.75) is 33.7 Å². The Morgan fingerprint density at radius 3 is 2.46 bits per heavy atom. The minimum absolute atomic E-state index is 0.186. The zero-order chi connectivity index (χ0) is 29.4. The number of carbonyl (C=O) groups is 1. The van der Waals surface area contributed by atoms with Gasteiger partial charge in [0.1, 0.15) is 17.5 Å². The van der Waals surface area contributed by atoms with E-state index in [0.29, 0.717) is 37.1 Å². The second kappa shape index (κ2) is 11.4. The minimum Gasteiger partial charge on any atom is -0.497 e. The minimum atomic E-state index is -0.820. The molecule has 0 spiro atoms. The van der Waals surface area contributed by atoms with E-state index in [4.69, 9.17) is 25.8 Å². The van der Waals surface area contributed by atoms with Crippen LogP contribution >= 0.6 is 22.9 Å². The summed E-state index contributed by atoms with van der Waals surface area (Å²) in [6.07, 6.45) is 1.88. The number of nitrogens with zero attached hydrogens (tertiary/aromatic N) is 3. The second-order valence-electron chi connectivity index (χ2n) is 9.55. The van der Waals surface area contributed by atoms with Gasteiger partial charge >= 0.3 is 5.97 Å². The molecular formula is C31H30ClN3O5S. The molecule has 0 saturated carbocycles. The fourth-order valence-corrected chi connectivity index (χ4v) is 6.36. The third kappa shape index (κ3) is 5.11. The number of hydrogen-bond acceptors (Lipinski definition) is 7. The molecule has 4 aromatic rings. The summed E-state index contributed by atoms with van der Waals surface area (Å²) in [6, 6.07) is 14.1. The molecule has 3 heterocycles. The van der Waals surface area contributed by atoms with Crippen molar-refractivity contribution < 1.29 is 19.0 Å². The Morgan fingerprint density at radius 2 is 1.80 bits per heavy atom. The van der Waals surface area contributed by atoms with E-state index < -0.39 is 12.0 Å². The Bertz CT molecular complexity index is 1860. The van der Waals surface area contributed by atoms with Crippen molar-refractivity contribution >= 4 is 35.0 Å². The maximum atomic E-state index is 14.1.